The van der Waals surface area contributed by atoms with Crippen molar-refractivity contribution in [2.75, 3.05) is 25.1 Å². The topological polar surface area (TPSA) is 75.9 Å². The number of aromatic nitrogens is 2. The number of hydrogen-bond acceptors (Lipinski definition) is 6. The molecule has 1 rings (SSSR count). The summed E-state index contributed by atoms with van der Waals surface area (Å²) >= 11 is 8.01. The molecule has 0 saturated carbocycles. The first-order chi connectivity index (χ1) is 7.22. The van der Waals surface area contributed by atoms with Gasteiger partial charge in [0.25, 0.3) is 0 Å². The summed E-state index contributed by atoms with van der Waals surface area (Å²) in [6, 6.07) is 0. The molecule has 5 nitrogen and oxygen atoms in total. The quantitative estimate of drug-likeness (QED) is 0.410. The molecule has 0 spiro atoms. The van der Waals surface area contributed by atoms with Crippen molar-refractivity contribution in [1.29, 1.82) is 0 Å². The minimum atomic E-state index is 0.520. The molecule has 0 saturated heterocycles. The lowest BCUT2D eigenvalue weighted by Gasteiger charge is -2.05. The van der Waals surface area contributed by atoms with Crippen LogP contribution < -0.4 is 16.4 Å². The Bertz CT molecular complexity index is 313. The zero-order valence-corrected chi connectivity index (χ0v) is 10.8. The summed E-state index contributed by atoms with van der Waals surface area (Å²) in [5, 5.41) is 14.8. The fourth-order valence-corrected chi connectivity index (χ4v) is 2.55. The maximum atomic E-state index is 5.46. The number of nitrogens with zero attached hydrogens (tertiary/aromatic N) is 2. The number of thiocarbonyl (C=S) groups is 1. The van der Waals surface area contributed by atoms with E-state index >= 15 is 0 Å². The predicted molar refractivity (Wildman–Crippen MR) is 69.3 cm³/mol. The zero-order chi connectivity index (χ0) is 11.1. The third kappa shape index (κ3) is 5.14. The highest BCUT2D eigenvalue weighted by Crippen LogP contribution is 2.23. The maximum Gasteiger partial charge on any atom is 0.203 e. The smallest absolute Gasteiger partial charge is 0.203 e. The summed E-state index contributed by atoms with van der Waals surface area (Å²) in [6.45, 7) is 0.862. The molecule has 0 bridgehead atoms. The van der Waals surface area contributed by atoms with E-state index in [0.717, 1.165) is 23.1 Å². The van der Waals surface area contributed by atoms with E-state index in [1.807, 2.05) is 0 Å². The lowest BCUT2D eigenvalue weighted by Crippen LogP contribution is -2.33. The molecule has 0 radical (unpaired) electrons. The van der Waals surface area contributed by atoms with Gasteiger partial charge in [0.2, 0.25) is 5.13 Å². The van der Waals surface area contributed by atoms with Gasteiger partial charge in [-0.3, -0.25) is 0 Å². The lowest BCUT2D eigenvalue weighted by atomic mass is 10.5. The van der Waals surface area contributed by atoms with Crippen LogP contribution in [0.1, 0.15) is 6.42 Å². The third-order valence-electron chi connectivity index (χ3n) is 1.48. The number of anilines is 1. The molecule has 84 valence electrons. The van der Waals surface area contributed by atoms with Crippen molar-refractivity contribution in [3.63, 3.8) is 0 Å². The lowest BCUT2D eigenvalue weighted by molar-refractivity contribution is 0.834. The van der Waals surface area contributed by atoms with E-state index in [0.29, 0.717) is 10.2 Å². The molecule has 0 amide bonds. The van der Waals surface area contributed by atoms with Crippen LogP contribution in [0, 0.1) is 0 Å². The number of hydrogen-bond donors (Lipinski definition) is 3. The van der Waals surface area contributed by atoms with Crippen LogP contribution in [0.4, 0.5) is 5.13 Å². The number of rotatable bonds is 5. The Labute approximate surface area is 102 Å². The Morgan fingerprint density at radius 2 is 2.40 bits per heavy atom. The van der Waals surface area contributed by atoms with Crippen LogP contribution in [0.3, 0.4) is 0 Å². The molecule has 0 aliphatic carbocycles. The Kier molecular flexibility index (Phi) is 5.66. The van der Waals surface area contributed by atoms with Gasteiger partial charge in [0, 0.05) is 19.3 Å². The molecule has 15 heavy (non-hydrogen) atoms. The van der Waals surface area contributed by atoms with E-state index in [4.69, 9.17) is 18.0 Å². The van der Waals surface area contributed by atoms with Gasteiger partial charge < -0.3 is 16.4 Å². The largest absolute Gasteiger partial charge is 0.374 e. The van der Waals surface area contributed by atoms with Gasteiger partial charge in [-0.05, 0) is 18.6 Å². The highest BCUT2D eigenvalue weighted by atomic mass is 32.2. The van der Waals surface area contributed by atoms with Crippen molar-refractivity contribution in [1.82, 2.24) is 20.8 Å². The molecule has 0 unspecified atom stereocenters. The van der Waals surface area contributed by atoms with Crippen molar-refractivity contribution < 1.29 is 0 Å². The Morgan fingerprint density at radius 3 is 3.00 bits per heavy atom. The van der Waals surface area contributed by atoms with Crippen LogP contribution in [0.15, 0.2) is 4.34 Å². The second-order valence-corrected chi connectivity index (χ2v) is 5.37. The molecule has 1 aromatic heterocycles. The normalized spacial score (nSPS) is 9.93. The predicted octanol–water partition coefficient (Wildman–Crippen LogP) is 0.696. The highest BCUT2D eigenvalue weighted by Gasteiger charge is 2.00. The van der Waals surface area contributed by atoms with E-state index in [1.165, 1.54) is 11.3 Å². The van der Waals surface area contributed by atoms with E-state index in [1.54, 1.807) is 18.8 Å². The second-order valence-electron chi connectivity index (χ2n) is 2.61. The van der Waals surface area contributed by atoms with Gasteiger partial charge in [0.1, 0.15) is 0 Å². The summed E-state index contributed by atoms with van der Waals surface area (Å²) in [4.78, 5) is 0. The van der Waals surface area contributed by atoms with E-state index in [9.17, 15) is 0 Å². The van der Waals surface area contributed by atoms with Crippen LogP contribution in [0.2, 0.25) is 0 Å². The van der Waals surface area contributed by atoms with Gasteiger partial charge in [0.05, 0.1) is 0 Å². The van der Waals surface area contributed by atoms with Gasteiger partial charge >= 0.3 is 0 Å². The van der Waals surface area contributed by atoms with E-state index < -0.39 is 0 Å². The zero-order valence-electron chi connectivity index (χ0n) is 8.32. The number of thioether (sulfide) groups is 1. The molecule has 1 heterocycles. The van der Waals surface area contributed by atoms with Crippen LogP contribution in [0.25, 0.3) is 0 Å². The molecule has 1 aromatic rings. The summed E-state index contributed by atoms with van der Waals surface area (Å²) in [6.07, 6.45) is 1.02. The van der Waals surface area contributed by atoms with Gasteiger partial charge in [-0.15, -0.1) is 10.2 Å². The Balaban J connectivity index is 2.05. The molecular weight excluding hydrogens is 250 g/mol. The summed E-state index contributed by atoms with van der Waals surface area (Å²) in [5.74, 6) is 0.980. The van der Waals surface area contributed by atoms with Crippen LogP contribution >= 0.6 is 35.3 Å². The maximum absolute atomic E-state index is 5.46. The van der Waals surface area contributed by atoms with Crippen molar-refractivity contribution in [2.24, 2.45) is 0 Å². The highest BCUT2D eigenvalue weighted by molar-refractivity contribution is 8.01. The Morgan fingerprint density at radius 1 is 1.60 bits per heavy atom. The first-order valence-corrected chi connectivity index (χ1v) is 6.60. The molecule has 0 atom stereocenters. The minimum absolute atomic E-state index is 0.520. The average molecular weight is 263 g/mol. The number of nitrogen functional groups attached to an aromatic ring is 1. The van der Waals surface area contributed by atoms with Crippen molar-refractivity contribution in [3.8, 4) is 0 Å². The third-order valence-corrected chi connectivity index (χ3v) is 3.80. The fraction of sp³-hybridized carbons (Fsp3) is 0.571. The van der Waals surface area contributed by atoms with Crippen molar-refractivity contribution in [3.05, 3.63) is 0 Å². The molecular formula is C7H13N5S3. The number of nitrogens with two attached hydrogens (primary N) is 1. The standard InChI is InChI=1S/C7H13N5S3/c1-9-6(13)10-3-2-4-14-7-12-11-5(8)15-7/h2-4H2,1H3,(H2,8,11)(H2,9,10,13). The van der Waals surface area contributed by atoms with Crippen LogP contribution in [0.5, 0.6) is 0 Å². The van der Waals surface area contributed by atoms with Gasteiger partial charge in [-0.1, -0.05) is 23.1 Å². The van der Waals surface area contributed by atoms with E-state index in [2.05, 4.69) is 20.8 Å². The van der Waals surface area contributed by atoms with Crippen molar-refractivity contribution in [2.45, 2.75) is 10.8 Å². The van der Waals surface area contributed by atoms with Gasteiger partial charge in [-0.25, -0.2) is 0 Å². The summed E-state index contributed by atoms with van der Waals surface area (Å²) in [7, 11) is 1.80. The summed E-state index contributed by atoms with van der Waals surface area (Å²) in [5.41, 5.74) is 5.46. The SMILES string of the molecule is CNC(=S)NCCCSc1nnc(N)s1. The molecule has 0 fully saturated rings. The molecule has 0 aliphatic heterocycles. The average Bonchev–Trinajstić information content (AvgIpc) is 2.63. The summed E-state index contributed by atoms with van der Waals surface area (Å²) < 4.78 is 0.920. The number of nitrogens with one attached hydrogen (secondary N) is 2. The fourth-order valence-electron chi connectivity index (χ4n) is 0.801. The molecule has 0 aliphatic rings. The molecule has 0 aromatic carbocycles. The second kappa shape index (κ2) is 6.81. The Hall–Kier alpha value is -0.600. The molecule has 8 heteroatoms. The first-order valence-electron chi connectivity index (χ1n) is 4.39. The monoisotopic (exact) mass is 263 g/mol. The first kappa shape index (κ1) is 12.5. The van der Waals surface area contributed by atoms with Crippen molar-refractivity contribution >= 4 is 45.6 Å². The minimum Gasteiger partial charge on any atom is -0.374 e. The van der Waals surface area contributed by atoms with E-state index in [-0.39, 0.29) is 0 Å². The van der Waals surface area contributed by atoms with Gasteiger partial charge in [0.15, 0.2) is 9.45 Å². The van der Waals surface area contributed by atoms with Crippen LogP contribution in [-0.4, -0.2) is 34.7 Å². The molecule has 4 N–H and O–H groups in total. The van der Waals surface area contributed by atoms with Gasteiger partial charge in [-0.2, -0.15) is 0 Å². The van der Waals surface area contributed by atoms with Crippen LogP contribution in [-0.2, 0) is 0 Å².